The Kier molecular flexibility index (Phi) is 7.45. The Morgan fingerprint density at radius 3 is 2.23 bits per heavy atom. The van der Waals surface area contributed by atoms with Gasteiger partial charge in [-0.05, 0) is 18.6 Å². The summed E-state index contributed by atoms with van der Waals surface area (Å²) in [5.74, 6) is 2.23. The van der Waals surface area contributed by atoms with Crippen LogP contribution in [0.4, 0.5) is 23.1 Å². The van der Waals surface area contributed by atoms with Crippen LogP contribution in [0.15, 0.2) is 49.3 Å². The van der Waals surface area contributed by atoms with E-state index in [0.29, 0.717) is 51.5 Å². The lowest BCUT2D eigenvalue weighted by Gasteiger charge is -2.17. The smallest absolute Gasteiger partial charge is 0.143 e. The van der Waals surface area contributed by atoms with Crippen molar-refractivity contribution in [3.63, 3.8) is 0 Å². The van der Waals surface area contributed by atoms with Gasteiger partial charge in [-0.3, -0.25) is 0 Å². The molecule has 12 heteroatoms. The molecule has 4 rings (SSSR count). The zero-order valence-electron chi connectivity index (χ0n) is 19.0. The molecule has 1 atom stereocenters. The third kappa shape index (κ3) is 5.35. The Bertz CT molecular complexity index is 1310. The van der Waals surface area contributed by atoms with E-state index in [0.717, 1.165) is 0 Å². The number of nitrogens with one attached hydrogen (secondary N) is 2. The quantitative estimate of drug-likeness (QED) is 0.289. The van der Waals surface area contributed by atoms with Crippen LogP contribution >= 0.6 is 23.2 Å². The molecule has 35 heavy (non-hydrogen) atoms. The molecule has 3 aromatic heterocycles. The Labute approximate surface area is 211 Å². The van der Waals surface area contributed by atoms with E-state index in [9.17, 15) is 5.11 Å². The Morgan fingerprint density at radius 2 is 1.60 bits per heavy atom. The topological polar surface area (TPSA) is 127 Å². The van der Waals surface area contributed by atoms with E-state index in [-0.39, 0.29) is 10.0 Å². The first-order valence-corrected chi connectivity index (χ1v) is 11.1. The summed E-state index contributed by atoms with van der Waals surface area (Å²) in [5.41, 5.74) is 2.18. The van der Waals surface area contributed by atoms with Gasteiger partial charge in [0.2, 0.25) is 0 Å². The molecule has 1 aromatic carbocycles. The van der Waals surface area contributed by atoms with Gasteiger partial charge in [0.1, 0.15) is 51.7 Å². The highest BCUT2D eigenvalue weighted by Gasteiger charge is 2.20. The van der Waals surface area contributed by atoms with E-state index < -0.39 is 6.10 Å². The number of nitrogens with zero attached hydrogens (tertiary/aromatic N) is 5. The van der Waals surface area contributed by atoms with E-state index in [1.807, 2.05) is 0 Å². The number of aromatic nitrogens is 5. The molecule has 0 saturated heterocycles. The summed E-state index contributed by atoms with van der Waals surface area (Å²) >= 11 is 13.0. The van der Waals surface area contributed by atoms with Crippen molar-refractivity contribution in [2.24, 2.45) is 0 Å². The molecule has 0 amide bonds. The van der Waals surface area contributed by atoms with E-state index in [4.69, 9.17) is 32.7 Å². The summed E-state index contributed by atoms with van der Waals surface area (Å²) in [5, 5.41) is 16.5. The fraction of sp³-hybridized carbons (Fsp3) is 0.174. The van der Waals surface area contributed by atoms with Crippen molar-refractivity contribution in [3.05, 3.63) is 64.9 Å². The fourth-order valence-corrected chi connectivity index (χ4v) is 3.76. The minimum atomic E-state index is -0.599. The van der Waals surface area contributed by atoms with Crippen LogP contribution in [-0.4, -0.2) is 44.2 Å². The number of hydrogen-bond acceptors (Lipinski definition) is 10. The molecule has 0 aliphatic heterocycles. The first-order chi connectivity index (χ1) is 16.9. The molecule has 10 nitrogen and oxygen atoms in total. The van der Waals surface area contributed by atoms with Crippen LogP contribution in [0.1, 0.15) is 18.6 Å². The van der Waals surface area contributed by atoms with E-state index in [1.54, 1.807) is 43.6 Å². The number of pyridine rings is 1. The van der Waals surface area contributed by atoms with Gasteiger partial charge in [0.25, 0.3) is 0 Å². The fourth-order valence-electron chi connectivity index (χ4n) is 3.16. The molecule has 0 spiro atoms. The van der Waals surface area contributed by atoms with Crippen molar-refractivity contribution >= 4 is 46.3 Å². The SMILES string of the molecule is COc1cc(OC)c(Cl)c(Nc2ncncc2-c2cc(Nc3ccc(C(C)O)cn3)ncn2)c1Cl. The maximum Gasteiger partial charge on any atom is 0.143 e. The average Bonchev–Trinajstić information content (AvgIpc) is 2.87. The van der Waals surface area contributed by atoms with Gasteiger partial charge in [-0.1, -0.05) is 29.3 Å². The molecule has 3 N–H and O–H groups in total. The van der Waals surface area contributed by atoms with Gasteiger partial charge in [-0.25, -0.2) is 24.9 Å². The number of benzene rings is 1. The average molecular weight is 514 g/mol. The van der Waals surface area contributed by atoms with Gasteiger partial charge < -0.3 is 25.2 Å². The number of aliphatic hydroxyl groups excluding tert-OH is 1. The minimum absolute atomic E-state index is 0.264. The third-order valence-corrected chi connectivity index (χ3v) is 5.75. The maximum atomic E-state index is 9.66. The first kappa shape index (κ1) is 24.4. The van der Waals surface area contributed by atoms with Crippen LogP contribution in [0.3, 0.4) is 0 Å². The summed E-state index contributed by atoms with van der Waals surface area (Å²) in [6.45, 7) is 1.68. The van der Waals surface area contributed by atoms with Crippen LogP contribution in [0.25, 0.3) is 11.3 Å². The van der Waals surface area contributed by atoms with Gasteiger partial charge >= 0.3 is 0 Å². The first-order valence-electron chi connectivity index (χ1n) is 10.3. The van der Waals surface area contributed by atoms with E-state index >= 15 is 0 Å². The summed E-state index contributed by atoms with van der Waals surface area (Å²) < 4.78 is 10.7. The Hall–Kier alpha value is -3.73. The normalized spacial score (nSPS) is 11.6. The summed E-state index contributed by atoms with van der Waals surface area (Å²) in [6.07, 6.45) is 5.40. The lowest BCUT2D eigenvalue weighted by Crippen LogP contribution is -2.03. The largest absolute Gasteiger partial charge is 0.495 e. The summed E-state index contributed by atoms with van der Waals surface area (Å²) in [7, 11) is 2.99. The number of ether oxygens (including phenoxy) is 2. The van der Waals surface area contributed by atoms with Crippen LogP contribution < -0.4 is 20.1 Å². The highest BCUT2D eigenvalue weighted by molar-refractivity contribution is 6.41. The van der Waals surface area contributed by atoms with Crippen molar-refractivity contribution in [1.29, 1.82) is 0 Å². The van der Waals surface area contributed by atoms with Crippen LogP contribution in [-0.2, 0) is 0 Å². The lowest BCUT2D eigenvalue weighted by molar-refractivity contribution is 0.199. The van der Waals surface area contributed by atoms with E-state index in [1.165, 1.54) is 26.9 Å². The second-order valence-electron chi connectivity index (χ2n) is 7.26. The molecular formula is C23H21Cl2N7O3. The van der Waals surface area contributed by atoms with Crippen molar-refractivity contribution in [2.45, 2.75) is 13.0 Å². The standard InChI is InChI=1S/C23H21Cl2N7O3/c1-12(33)13-4-5-18(27-8-13)31-19-6-15(28-11-29-19)14-9-26-10-30-23(14)32-22-20(24)16(34-2)7-17(35-3)21(22)25/h4-12,33H,1-3H3,(H,26,30,32)(H,27,28,29,31). The molecule has 0 radical (unpaired) electrons. The van der Waals surface area contributed by atoms with Gasteiger partial charge in [-0.15, -0.1) is 0 Å². The number of rotatable bonds is 8. The molecule has 0 fully saturated rings. The number of methoxy groups -OCH3 is 2. The van der Waals surface area contributed by atoms with E-state index in [2.05, 4.69) is 35.6 Å². The molecule has 1 unspecified atom stereocenters. The second kappa shape index (κ2) is 10.7. The predicted molar refractivity (Wildman–Crippen MR) is 134 cm³/mol. The number of aliphatic hydroxyl groups is 1. The Morgan fingerprint density at radius 1 is 0.857 bits per heavy atom. The maximum absolute atomic E-state index is 9.66. The highest BCUT2D eigenvalue weighted by atomic mass is 35.5. The van der Waals surface area contributed by atoms with Gasteiger partial charge in [0.05, 0.1) is 37.3 Å². The second-order valence-corrected chi connectivity index (χ2v) is 8.02. The zero-order chi connectivity index (χ0) is 24.9. The highest BCUT2D eigenvalue weighted by Crippen LogP contribution is 2.45. The monoisotopic (exact) mass is 513 g/mol. The van der Waals surface area contributed by atoms with Crippen molar-refractivity contribution in [1.82, 2.24) is 24.9 Å². The van der Waals surface area contributed by atoms with Crippen molar-refractivity contribution < 1.29 is 14.6 Å². The van der Waals surface area contributed by atoms with Gasteiger partial charge in [0, 0.05) is 24.5 Å². The molecule has 4 aromatic rings. The number of hydrogen-bond donors (Lipinski definition) is 3. The number of anilines is 4. The molecule has 3 heterocycles. The van der Waals surface area contributed by atoms with Crippen LogP contribution in [0, 0.1) is 0 Å². The summed E-state index contributed by atoms with van der Waals surface area (Å²) in [6, 6.07) is 6.86. The number of halogens is 2. The molecule has 0 aliphatic carbocycles. The zero-order valence-corrected chi connectivity index (χ0v) is 20.5. The van der Waals surface area contributed by atoms with Crippen LogP contribution in [0.2, 0.25) is 10.0 Å². The van der Waals surface area contributed by atoms with Crippen molar-refractivity contribution in [2.75, 3.05) is 24.9 Å². The summed E-state index contributed by atoms with van der Waals surface area (Å²) in [4.78, 5) is 21.4. The third-order valence-electron chi connectivity index (χ3n) is 5.00. The molecule has 0 bridgehead atoms. The van der Waals surface area contributed by atoms with Crippen molar-refractivity contribution in [3.8, 4) is 22.8 Å². The molecule has 0 aliphatic rings. The Balaban J connectivity index is 1.67. The minimum Gasteiger partial charge on any atom is -0.495 e. The molecular weight excluding hydrogens is 493 g/mol. The molecule has 0 saturated carbocycles. The van der Waals surface area contributed by atoms with Gasteiger partial charge in [-0.2, -0.15) is 0 Å². The predicted octanol–water partition coefficient (Wildman–Crippen LogP) is 5.19. The van der Waals surface area contributed by atoms with Gasteiger partial charge in [0.15, 0.2) is 0 Å². The van der Waals surface area contributed by atoms with Crippen LogP contribution in [0.5, 0.6) is 11.5 Å². The molecule has 180 valence electrons. The lowest BCUT2D eigenvalue weighted by atomic mass is 10.2.